The fourth-order valence-electron chi connectivity index (χ4n) is 2.27. The van der Waals surface area contributed by atoms with Gasteiger partial charge in [-0.25, -0.2) is 0 Å². The Kier molecular flexibility index (Phi) is 3.03. The lowest BCUT2D eigenvalue weighted by molar-refractivity contribution is -0.146. The van der Waals surface area contributed by atoms with Crippen molar-refractivity contribution in [3.8, 4) is 0 Å². The molecule has 1 aliphatic rings. The van der Waals surface area contributed by atoms with E-state index in [0.29, 0.717) is 35.8 Å². The average molecular weight is 289 g/mol. The van der Waals surface area contributed by atoms with Crippen molar-refractivity contribution in [1.82, 2.24) is 10.2 Å². The predicted molar refractivity (Wildman–Crippen MR) is 60.1 cm³/mol. The summed E-state index contributed by atoms with van der Waals surface area (Å²) in [6.45, 7) is 0. The summed E-state index contributed by atoms with van der Waals surface area (Å²) in [5.74, 6) is -0.857. The van der Waals surface area contributed by atoms with E-state index in [1.54, 1.807) is 6.20 Å². The number of carboxylic acid groups (broad SMARTS) is 1. The molecule has 0 spiro atoms. The van der Waals surface area contributed by atoms with E-state index < -0.39 is 11.4 Å². The molecule has 16 heavy (non-hydrogen) atoms. The molecule has 0 aromatic carbocycles. The van der Waals surface area contributed by atoms with Crippen LogP contribution in [0, 0.1) is 0 Å². The van der Waals surface area contributed by atoms with E-state index in [1.807, 2.05) is 0 Å². The van der Waals surface area contributed by atoms with Gasteiger partial charge in [-0.3, -0.25) is 9.89 Å². The summed E-state index contributed by atoms with van der Waals surface area (Å²) in [6.07, 6.45) is 3.07. The molecule has 0 aliphatic heterocycles. The number of aromatic nitrogens is 2. The van der Waals surface area contributed by atoms with Gasteiger partial charge in [0.1, 0.15) is 5.41 Å². The summed E-state index contributed by atoms with van der Waals surface area (Å²) in [4.78, 5) is 11.5. The second kappa shape index (κ2) is 4.18. The van der Waals surface area contributed by atoms with Gasteiger partial charge in [0.15, 0.2) is 0 Å². The fraction of sp³-hybridized carbons (Fsp3) is 0.600. The lowest BCUT2D eigenvalue weighted by Crippen LogP contribution is -2.41. The molecular weight excluding hydrogens is 276 g/mol. The van der Waals surface area contributed by atoms with Crippen LogP contribution in [-0.4, -0.2) is 32.5 Å². The first-order valence-electron chi connectivity index (χ1n) is 5.17. The molecule has 1 aromatic rings. The van der Waals surface area contributed by atoms with E-state index in [4.69, 9.17) is 0 Å². The van der Waals surface area contributed by atoms with Crippen LogP contribution in [0.4, 0.5) is 0 Å². The molecule has 88 valence electrons. The van der Waals surface area contributed by atoms with Crippen LogP contribution < -0.4 is 0 Å². The van der Waals surface area contributed by atoms with Gasteiger partial charge in [0, 0.05) is 0 Å². The number of H-pyrrole nitrogens is 1. The van der Waals surface area contributed by atoms with Crippen LogP contribution in [0.3, 0.4) is 0 Å². The van der Waals surface area contributed by atoms with Crippen molar-refractivity contribution in [3.63, 3.8) is 0 Å². The van der Waals surface area contributed by atoms with Crippen LogP contribution in [0.25, 0.3) is 0 Å². The molecule has 0 amide bonds. The van der Waals surface area contributed by atoms with E-state index in [1.165, 1.54) is 0 Å². The van der Waals surface area contributed by atoms with Crippen LogP contribution in [0.5, 0.6) is 0 Å². The summed E-state index contributed by atoms with van der Waals surface area (Å²) in [5, 5.41) is 25.5. The minimum atomic E-state index is -0.936. The molecule has 1 aromatic heterocycles. The largest absolute Gasteiger partial charge is 0.481 e. The van der Waals surface area contributed by atoms with Gasteiger partial charge in [0.2, 0.25) is 0 Å². The zero-order valence-electron chi connectivity index (χ0n) is 8.61. The summed E-state index contributed by atoms with van der Waals surface area (Å²) in [7, 11) is 0. The zero-order chi connectivity index (χ0) is 11.8. The quantitative estimate of drug-likeness (QED) is 0.768. The molecule has 0 saturated heterocycles. The highest BCUT2D eigenvalue weighted by Crippen LogP contribution is 2.41. The maximum absolute atomic E-state index is 11.5. The molecule has 6 heteroatoms. The fourth-order valence-corrected chi connectivity index (χ4v) is 2.84. The highest BCUT2D eigenvalue weighted by atomic mass is 79.9. The first kappa shape index (κ1) is 11.6. The minimum absolute atomic E-state index is 0.380. The Morgan fingerprint density at radius 1 is 1.56 bits per heavy atom. The first-order valence-corrected chi connectivity index (χ1v) is 5.96. The first-order chi connectivity index (χ1) is 7.56. The number of halogens is 1. The molecule has 1 aliphatic carbocycles. The second-order valence-corrected chi connectivity index (χ2v) is 5.07. The summed E-state index contributed by atoms with van der Waals surface area (Å²) in [5.41, 5.74) is -0.332. The number of aliphatic carboxylic acids is 1. The Bertz CT molecular complexity index is 397. The maximum Gasteiger partial charge on any atom is 0.315 e. The lowest BCUT2D eigenvalue weighted by Gasteiger charge is -2.34. The van der Waals surface area contributed by atoms with Crippen LogP contribution in [0.1, 0.15) is 31.4 Å². The van der Waals surface area contributed by atoms with Crippen LogP contribution in [0.2, 0.25) is 0 Å². The number of nitrogens with zero attached hydrogens (tertiary/aromatic N) is 1. The smallest absolute Gasteiger partial charge is 0.315 e. The van der Waals surface area contributed by atoms with Gasteiger partial charge in [-0.1, -0.05) is 0 Å². The molecule has 1 heterocycles. The molecule has 0 unspecified atom stereocenters. The molecule has 1 fully saturated rings. The number of carbonyl (C=O) groups is 1. The summed E-state index contributed by atoms with van der Waals surface area (Å²) >= 11 is 3.30. The number of hydrogen-bond donors (Lipinski definition) is 3. The molecule has 0 radical (unpaired) electrons. The van der Waals surface area contributed by atoms with E-state index in [9.17, 15) is 15.0 Å². The highest BCUT2D eigenvalue weighted by molar-refractivity contribution is 9.10. The lowest BCUT2D eigenvalue weighted by atomic mass is 9.71. The predicted octanol–water partition coefficient (Wildman–Crippen LogP) is 1.43. The zero-order valence-corrected chi connectivity index (χ0v) is 10.2. The topological polar surface area (TPSA) is 86.2 Å². The monoisotopic (exact) mass is 288 g/mol. The number of aliphatic hydroxyl groups is 1. The van der Waals surface area contributed by atoms with Crippen molar-refractivity contribution in [2.45, 2.75) is 37.2 Å². The molecule has 1 saturated carbocycles. The van der Waals surface area contributed by atoms with Gasteiger partial charge < -0.3 is 10.2 Å². The average Bonchev–Trinajstić information content (AvgIpc) is 2.66. The number of aliphatic hydroxyl groups excluding tert-OH is 1. The Balaban J connectivity index is 2.37. The number of carboxylic acids is 1. The Labute approximate surface area is 101 Å². The molecule has 2 rings (SSSR count). The Hall–Kier alpha value is -0.880. The normalized spacial score (nSPS) is 30.2. The molecule has 0 bridgehead atoms. The number of hydrogen-bond acceptors (Lipinski definition) is 3. The van der Waals surface area contributed by atoms with Crippen molar-refractivity contribution in [2.24, 2.45) is 0 Å². The van der Waals surface area contributed by atoms with Crippen molar-refractivity contribution >= 4 is 21.9 Å². The van der Waals surface area contributed by atoms with Crippen molar-refractivity contribution < 1.29 is 15.0 Å². The molecule has 3 N–H and O–H groups in total. The Morgan fingerprint density at radius 2 is 2.19 bits per heavy atom. The Morgan fingerprint density at radius 3 is 2.62 bits per heavy atom. The van der Waals surface area contributed by atoms with Crippen LogP contribution >= 0.6 is 15.9 Å². The summed E-state index contributed by atoms with van der Waals surface area (Å²) < 4.78 is 0.686. The van der Waals surface area contributed by atoms with Crippen molar-refractivity contribution in [1.29, 1.82) is 0 Å². The van der Waals surface area contributed by atoms with Gasteiger partial charge in [-0.15, -0.1) is 0 Å². The second-order valence-electron chi connectivity index (χ2n) is 4.21. The maximum atomic E-state index is 11.5. The third kappa shape index (κ3) is 1.76. The minimum Gasteiger partial charge on any atom is -0.481 e. The van der Waals surface area contributed by atoms with Crippen molar-refractivity contribution in [3.05, 3.63) is 16.4 Å². The molecule has 5 nitrogen and oxygen atoms in total. The van der Waals surface area contributed by atoms with Gasteiger partial charge >= 0.3 is 5.97 Å². The van der Waals surface area contributed by atoms with Gasteiger partial charge in [-0.2, -0.15) is 5.10 Å². The molecular formula is C10H13BrN2O3. The number of aromatic amines is 1. The SMILES string of the molecule is O=C(O)C1(c2[nH]ncc2Br)CCC(O)CC1. The highest BCUT2D eigenvalue weighted by Gasteiger charge is 2.45. The van der Waals surface area contributed by atoms with Gasteiger partial charge in [0.25, 0.3) is 0 Å². The standard InChI is InChI=1S/C10H13BrN2O3/c11-7-5-12-13-8(7)10(9(15)16)3-1-6(14)2-4-10/h5-6,14H,1-4H2,(H,12,13)(H,15,16). The van der Waals surface area contributed by atoms with Gasteiger partial charge in [-0.05, 0) is 41.6 Å². The van der Waals surface area contributed by atoms with Crippen LogP contribution in [0.15, 0.2) is 10.7 Å². The van der Waals surface area contributed by atoms with Gasteiger partial charge in [0.05, 0.1) is 22.5 Å². The van der Waals surface area contributed by atoms with E-state index in [0.717, 1.165) is 0 Å². The van der Waals surface area contributed by atoms with Crippen molar-refractivity contribution in [2.75, 3.05) is 0 Å². The third-order valence-corrected chi connectivity index (χ3v) is 3.89. The number of nitrogens with one attached hydrogen (secondary N) is 1. The van der Waals surface area contributed by atoms with Crippen LogP contribution in [-0.2, 0) is 10.2 Å². The van der Waals surface area contributed by atoms with E-state index in [-0.39, 0.29) is 6.10 Å². The number of rotatable bonds is 2. The van der Waals surface area contributed by atoms with E-state index in [2.05, 4.69) is 26.1 Å². The third-order valence-electron chi connectivity index (χ3n) is 3.29. The van der Waals surface area contributed by atoms with E-state index >= 15 is 0 Å². The molecule has 0 atom stereocenters. The summed E-state index contributed by atoms with van der Waals surface area (Å²) in [6, 6.07) is 0.